The van der Waals surface area contributed by atoms with E-state index in [0.717, 1.165) is 19.1 Å². The second-order valence-corrected chi connectivity index (χ2v) is 8.97. The van der Waals surface area contributed by atoms with Gasteiger partial charge in [-0.15, -0.1) is 0 Å². The fourth-order valence-electron chi connectivity index (χ4n) is 2.41. The van der Waals surface area contributed by atoms with E-state index in [1.807, 2.05) is 0 Å². The lowest BCUT2D eigenvalue weighted by molar-refractivity contribution is 0.0856. The molecule has 0 unspecified atom stereocenters. The summed E-state index contributed by atoms with van der Waals surface area (Å²) in [4.78, 5) is 2.15. The van der Waals surface area contributed by atoms with Crippen LogP contribution in [0, 0.1) is 0 Å². The molecule has 1 saturated carbocycles. The Morgan fingerprint density at radius 3 is 1.89 bits per heavy atom. The molecule has 1 aliphatic heterocycles. The van der Waals surface area contributed by atoms with Crippen LogP contribution in [0.5, 0.6) is 0 Å². The molecule has 1 saturated heterocycles. The van der Waals surface area contributed by atoms with Crippen LogP contribution in [0.15, 0.2) is 0 Å². The van der Waals surface area contributed by atoms with E-state index >= 15 is 0 Å². The molecule has 0 N–H and O–H groups in total. The molecule has 1 heterocycles. The molecule has 0 amide bonds. The third-order valence-corrected chi connectivity index (χ3v) is 5.60. The van der Waals surface area contributed by atoms with Crippen molar-refractivity contribution in [3.63, 3.8) is 0 Å². The van der Waals surface area contributed by atoms with Crippen molar-refractivity contribution < 1.29 is 21.0 Å². The molecule has 7 nitrogen and oxygen atoms in total. The third kappa shape index (κ3) is 3.88. The van der Waals surface area contributed by atoms with Crippen LogP contribution >= 0.6 is 0 Å². The van der Waals surface area contributed by atoms with Gasteiger partial charge in [-0.2, -0.15) is 12.7 Å². The summed E-state index contributed by atoms with van der Waals surface area (Å²) in [5, 5.41) is 0. The molecule has 2 rings (SSSR count). The van der Waals surface area contributed by atoms with Crippen molar-refractivity contribution >= 4 is 20.1 Å². The van der Waals surface area contributed by atoms with E-state index in [9.17, 15) is 16.8 Å². The highest BCUT2D eigenvalue weighted by Crippen LogP contribution is 2.42. The summed E-state index contributed by atoms with van der Waals surface area (Å²) in [7, 11) is -6.55. The summed E-state index contributed by atoms with van der Waals surface area (Å²) < 4.78 is 51.3. The lowest BCUT2D eigenvalue weighted by atomic mass is 10.2. The number of nitrogens with zero attached hydrogens (tertiary/aromatic N) is 2. The maximum absolute atomic E-state index is 11.4. The molecule has 0 aromatic heterocycles. The van der Waals surface area contributed by atoms with Gasteiger partial charge in [-0.05, 0) is 12.8 Å². The van der Waals surface area contributed by atoms with E-state index < -0.39 is 20.1 Å². The first-order valence-corrected chi connectivity index (χ1v) is 9.84. The quantitative estimate of drug-likeness (QED) is 0.610. The van der Waals surface area contributed by atoms with Crippen LogP contribution in [0.2, 0.25) is 0 Å². The van der Waals surface area contributed by atoms with Crippen LogP contribution in [-0.2, 0) is 24.3 Å². The van der Waals surface area contributed by atoms with Gasteiger partial charge < -0.3 is 0 Å². The SMILES string of the molecule is CS(=O)(=O)OCC1(N2CCN(S(C)(=O)=O)CC2)CC1. The van der Waals surface area contributed by atoms with Crippen LogP contribution < -0.4 is 0 Å². The molecule has 1 aliphatic carbocycles. The molecule has 0 bridgehead atoms. The molecule has 0 atom stereocenters. The van der Waals surface area contributed by atoms with Crippen molar-refractivity contribution in [2.75, 3.05) is 45.3 Å². The highest BCUT2D eigenvalue weighted by Gasteiger charge is 2.49. The topological polar surface area (TPSA) is 84.0 Å². The van der Waals surface area contributed by atoms with Gasteiger partial charge in [-0.1, -0.05) is 0 Å². The van der Waals surface area contributed by atoms with Crippen LogP contribution in [0.3, 0.4) is 0 Å². The maximum atomic E-state index is 11.4. The average Bonchev–Trinajstić information content (AvgIpc) is 3.06. The first-order valence-electron chi connectivity index (χ1n) is 6.17. The highest BCUT2D eigenvalue weighted by atomic mass is 32.2. The monoisotopic (exact) mass is 312 g/mol. The molecule has 0 aromatic rings. The minimum Gasteiger partial charge on any atom is -0.293 e. The zero-order valence-corrected chi connectivity index (χ0v) is 12.8. The summed E-state index contributed by atoms with van der Waals surface area (Å²) in [6.45, 7) is 2.34. The van der Waals surface area contributed by atoms with E-state index in [0.29, 0.717) is 26.2 Å². The second kappa shape index (κ2) is 4.96. The minimum absolute atomic E-state index is 0.171. The highest BCUT2D eigenvalue weighted by molar-refractivity contribution is 7.88. The Labute approximate surface area is 114 Å². The van der Waals surface area contributed by atoms with Gasteiger partial charge in [0.2, 0.25) is 10.0 Å². The summed E-state index contributed by atoms with van der Waals surface area (Å²) in [5.41, 5.74) is -0.202. The Kier molecular flexibility index (Phi) is 3.96. The Balaban J connectivity index is 1.91. The van der Waals surface area contributed by atoms with Crippen molar-refractivity contribution in [1.29, 1.82) is 0 Å². The predicted octanol–water partition coefficient (Wildman–Crippen LogP) is -0.928. The van der Waals surface area contributed by atoms with Crippen molar-refractivity contribution in [3.8, 4) is 0 Å². The lowest BCUT2D eigenvalue weighted by Gasteiger charge is -2.38. The van der Waals surface area contributed by atoms with E-state index in [1.165, 1.54) is 10.6 Å². The summed E-state index contributed by atoms with van der Waals surface area (Å²) in [5.74, 6) is 0. The number of sulfonamides is 1. The molecule has 0 radical (unpaired) electrons. The van der Waals surface area contributed by atoms with E-state index in [2.05, 4.69) is 4.90 Å². The van der Waals surface area contributed by atoms with Crippen LogP contribution in [0.1, 0.15) is 12.8 Å². The lowest BCUT2D eigenvalue weighted by Crippen LogP contribution is -2.54. The number of piperazine rings is 1. The molecular weight excluding hydrogens is 292 g/mol. The molecular formula is C10H20N2O5S2. The van der Waals surface area contributed by atoms with Gasteiger partial charge in [-0.25, -0.2) is 8.42 Å². The fourth-order valence-corrected chi connectivity index (χ4v) is 3.67. The minimum atomic E-state index is -3.42. The Bertz CT molecular complexity index is 530. The normalized spacial score (nSPS) is 25.4. The van der Waals surface area contributed by atoms with Crippen molar-refractivity contribution in [2.24, 2.45) is 0 Å². The standard InChI is InChI=1S/C10H20N2O5S2/c1-18(13,14)12-7-5-11(6-8-12)10(3-4-10)9-17-19(2,15)16/h3-9H2,1-2H3. The molecule has 112 valence electrons. The zero-order valence-electron chi connectivity index (χ0n) is 11.2. The van der Waals surface area contributed by atoms with Crippen LogP contribution in [-0.4, -0.2) is 76.9 Å². The van der Waals surface area contributed by atoms with Gasteiger partial charge in [-0.3, -0.25) is 9.08 Å². The first-order chi connectivity index (χ1) is 8.62. The van der Waals surface area contributed by atoms with E-state index in [4.69, 9.17) is 4.18 Å². The van der Waals surface area contributed by atoms with Gasteiger partial charge in [0.25, 0.3) is 10.1 Å². The van der Waals surface area contributed by atoms with Gasteiger partial charge in [0.15, 0.2) is 0 Å². The molecule has 9 heteroatoms. The molecule has 2 fully saturated rings. The summed E-state index contributed by atoms with van der Waals surface area (Å²) in [6.07, 6.45) is 4.07. The first kappa shape index (κ1) is 15.2. The predicted molar refractivity (Wildman–Crippen MR) is 70.8 cm³/mol. The van der Waals surface area contributed by atoms with Crippen LogP contribution in [0.25, 0.3) is 0 Å². The second-order valence-electron chi connectivity index (χ2n) is 5.34. The van der Waals surface area contributed by atoms with E-state index in [-0.39, 0.29) is 12.1 Å². The van der Waals surface area contributed by atoms with Crippen LogP contribution in [0.4, 0.5) is 0 Å². The van der Waals surface area contributed by atoms with Gasteiger partial charge in [0, 0.05) is 31.7 Å². The number of rotatable bonds is 5. The Hall–Kier alpha value is -0.220. The molecule has 0 spiro atoms. The Morgan fingerprint density at radius 1 is 1.00 bits per heavy atom. The van der Waals surface area contributed by atoms with Gasteiger partial charge in [0.1, 0.15) is 0 Å². The smallest absolute Gasteiger partial charge is 0.264 e. The third-order valence-electron chi connectivity index (χ3n) is 3.75. The van der Waals surface area contributed by atoms with Crippen molar-refractivity contribution in [1.82, 2.24) is 9.21 Å². The average molecular weight is 312 g/mol. The molecule has 19 heavy (non-hydrogen) atoms. The molecule has 2 aliphatic rings. The zero-order chi connectivity index (χ0) is 14.3. The summed E-state index contributed by atoms with van der Waals surface area (Å²) >= 11 is 0. The van der Waals surface area contributed by atoms with Gasteiger partial charge in [0.05, 0.1) is 19.1 Å². The Morgan fingerprint density at radius 2 is 1.53 bits per heavy atom. The fraction of sp³-hybridized carbons (Fsp3) is 1.00. The molecule has 0 aromatic carbocycles. The number of hydrogen-bond donors (Lipinski definition) is 0. The van der Waals surface area contributed by atoms with Gasteiger partial charge >= 0.3 is 0 Å². The summed E-state index contributed by atoms with van der Waals surface area (Å²) in [6, 6.07) is 0. The van der Waals surface area contributed by atoms with Crippen molar-refractivity contribution in [3.05, 3.63) is 0 Å². The van der Waals surface area contributed by atoms with E-state index in [1.54, 1.807) is 0 Å². The maximum Gasteiger partial charge on any atom is 0.264 e. The number of hydrogen-bond acceptors (Lipinski definition) is 6. The largest absolute Gasteiger partial charge is 0.293 e. The van der Waals surface area contributed by atoms with Crippen molar-refractivity contribution in [2.45, 2.75) is 18.4 Å².